The molecular formula is C38H42ClN5O3S. The van der Waals surface area contributed by atoms with E-state index in [4.69, 9.17) is 26.4 Å². The third-order valence-electron chi connectivity index (χ3n) is 10.1. The maximum absolute atomic E-state index is 12.8. The Balaban J connectivity index is 1.24. The number of likely N-dealkylation sites (tertiary alicyclic amines) is 1. The van der Waals surface area contributed by atoms with Crippen LogP contribution in [0.1, 0.15) is 81.3 Å². The van der Waals surface area contributed by atoms with Gasteiger partial charge in [0.1, 0.15) is 5.01 Å². The molecule has 10 heteroatoms. The first-order valence-electron chi connectivity index (χ1n) is 17.1. The summed E-state index contributed by atoms with van der Waals surface area (Å²) in [5.41, 5.74) is 6.87. The van der Waals surface area contributed by atoms with E-state index in [0.29, 0.717) is 28.6 Å². The van der Waals surface area contributed by atoms with Crippen LogP contribution < -0.4 is 5.32 Å². The van der Waals surface area contributed by atoms with Crippen LogP contribution in [0.15, 0.2) is 48.5 Å². The maximum Gasteiger partial charge on any atom is 0.337 e. The Kier molecular flexibility index (Phi) is 8.12. The number of nitrogens with zero attached hydrogens (tertiary/aromatic N) is 4. The van der Waals surface area contributed by atoms with E-state index in [1.807, 2.05) is 58.0 Å². The Morgan fingerprint density at radius 1 is 1.02 bits per heavy atom. The lowest BCUT2D eigenvalue weighted by Crippen LogP contribution is -2.58. The number of ether oxygens (including phenoxy) is 1. The van der Waals surface area contributed by atoms with Crippen molar-refractivity contribution in [3.8, 4) is 21.7 Å². The van der Waals surface area contributed by atoms with E-state index in [0.717, 1.165) is 76.5 Å². The lowest BCUT2D eigenvalue weighted by atomic mass is 9.90. The SMILES string of the molecule is Cc1cc2nc(-c3ccc4c(c3)c(C3CCN(C5CNC5)CC3)nn4C3CC3)sc2c(-c2ccc(Cl)cc2)c1[C@H](OC(C)(C)C)C(=O)O. The molecule has 1 atom stereocenters. The zero-order chi connectivity index (χ0) is 33.3. The molecule has 3 aliphatic rings. The monoisotopic (exact) mass is 683 g/mol. The number of benzene rings is 3. The quantitative estimate of drug-likeness (QED) is 0.170. The number of piperidine rings is 1. The molecule has 3 aromatic carbocycles. The summed E-state index contributed by atoms with van der Waals surface area (Å²) in [5, 5.41) is 21.9. The minimum atomic E-state index is -1.15. The number of thiazole rings is 1. The zero-order valence-corrected chi connectivity index (χ0v) is 29.5. The van der Waals surface area contributed by atoms with Crippen molar-refractivity contribution in [2.75, 3.05) is 26.2 Å². The molecule has 5 aromatic rings. The van der Waals surface area contributed by atoms with E-state index < -0.39 is 17.7 Å². The first-order chi connectivity index (χ1) is 23.0. The van der Waals surface area contributed by atoms with Gasteiger partial charge in [-0.25, -0.2) is 9.78 Å². The summed E-state index contributed by atoms with van der Waals surface area (Å²) in [6, 6.07) is 17.5. The number of aryl methyl sites for hydroxylation is 1. The molecule has 8 rings (SSSR count). The van der Waals surface area contributed by atoms with Gasteiger partial charge in [0.05, 0.1) is 33.1 Å². The fourth-order valence-corrected chi connectivity index (χ4v) is 8.68. The largest absolute Gasteiger partial charge is 0.479 e. The molecule has 0 radical (unpaired) electrons. The summed E-state index contributed by atoms with van der Waals surface area (Å²) < 4.78 is 9.43. The smallest absolute Gasteiger partial charge is 0.337 e. The number of fused-ring (bicyclic) bond motifs is 2. The number of hydrogen-bond donors (Lipinski definition) is 2. The third-order valence-corrected chi connectivity index (χ3v) is 11.5. The van der Waals surface area contributed by atoms with Crippen LogP contribution in [-0.4, -0.2) is 68.6 Å². The van der Waals surface area contributed by atoms with Crippen molar-refractivity contribution in [3.05, 3.63) is 70.4 Å². The molecule has 0 bridgehead atoms. The van der Waals surface area contributed by atoms with Crippen LogP contribution >= 0.6 is 22.9 Å². The lowest BCUT2D eigenvalue weighted by molar-refractivity contribution is -0.160. The van der Waals surface area contributed by atoms with Crippen LogP contribution in [-0.2, 0) is 9.53 Å². The number of aliphatic carboxylic acids is 1. The average Bonchev–Trinajstić information content (AvgIpc) is 3.67. The summed E-state index contributed by atoms with van der Waals surface area (Å²) >= 11 is 7.91. The van der Waals surface area contributed by atoms with E-state index in [1.165, 1.54) is 29.4 Å². The van der Waals surface area contributed by atoms with Gasteiger partial charge in [0.2, 0.25) is 0 Å². The topological polar surface area (TPSA) is 92.5 Å². The molecule has 2 aromatic heterocycles. The Morgan fingerprint density at radius 3 is 2.35 bits per heavy atom. The maximum atomic E-state index is 12.8. The number of rotatable bonds is 8. The second kappa shape index (κ2) is 12.2. The van der Waals surface area contributed by atoms with Crippen LogP contribution in [0, 0.1) is 6.92 Å². The minimum Gasteiger partial charge on any atom is -0.479 e. The second-order valence-corrected chi connectivity index (χ2v) is 16.2. The third kappa shape index (κ3) is 5.94. The Hall–Kier alpha value is -3.34. The van der Waals surface area contributed by atoms with Gasteiger partial charge in [-0.05, 0) is 114 Å². The van der Waals surface area contributed by atoms with E-state index in [2.05, 4.69) is 33.1 Å². The Bertz CT molecular complexity index is 2010. The molecule has 8 nitrogen and oxygen atoms in total. The molecule has 0 spiro atoms. The van der Waals surface area contributed by atoms with Crippen molar-refractivity contribution < 1.29 is 14.6 Å². The van der Waals surface area contributed by atoms with Gasteiger partial charge in [-0.3, -0.25) is 9.58 Å². The molecule has 2 N–H and O–H groups in total. The number of halogens is 1. The summed E-state index contributed by atoms with van der Waals surface area (Å²) in [6.07, 6.45) is 3.49. The minimum absolute atomic E-state index is 0.444. The van der Waals surface area contributed by atoms with Crippen molar-refractivity contribution in [1.29, 1.82) is 0 Å². The van der Waals surface area contributed by atoms with Crippen molar-refractivity contribution in [3.63, 3.8) is 0 Å². The summed E-state index contributed by atoms with van der Waals surface area (Å²) in [7, 11) is 0. The molecule has 2 saturated heterocycles. The van der Waals surface area contributed by atoms with Crippen LogP contribution in [0.3, 0.4) is 0 Å². The molecule has 1 saturated carbocycles. The number of aromatic nitrogens is 3. The molecule has 250 valence electrons. The second-order valence-electron chi connectivity index (χ2n) is 14.7. The van der Waals surface area contributed by atoms with Gasteiger partial charge in [0.25, 0.3) is 0 Å². The van der Waals surface area contributed by atoms with Crippen molar-refractivity contribution >= 4 is 50.0 Å². The van der Waals surface area contributed by atoms with E-state index in [9.17, 15) is 9.90 Å². The predicted molar refractivity (Wildman–Crippen MR) is 193 cm³/mol. The Morgan fingerprint density at radius 2 is 1.73 bits per heavy atom. The Labute approximate surface area is 290 Å². The molecule has 0 amide bonds. The van der Waals surface area contributed by atoms with Gasteiger partial charge in [-0.1, -0.05) is 23.7 Å². The summed E-state index contributed by atoms with van der Waals surface area (Å²) in [6.45, 7) is 12.1. The van der Waals surface area contributed by atoms with Crippen molar-refractivity contribution in [2.24, 2.45) is 0 Å². The zero-order valence-electron chi connectivity index (χ0n) is 27.9. The van der Waals surface area contributed by atoms with Gasteiger partial charge < -0.3 is 15.2 Å². The first-order valence-corrected chi connectivity index (χ1v) is 18.3. The van der Waals surface area contributed by atoms with Gasteiger partial charge >= 0.3 is 5.97 Å². The number of carboxylic acids is 1. The fourth-order valence-electron chi connectivity index (χ4n) is 7.43. The molecule has 0 unspecified atom stereocenters. The van der Waals surface area contributed by atoms with Crippen LogP contribution in [0.5, 0.6) is 0 Å². The first kappa shape index (κ1) is 31.9. The van der Waals surface area contributed by atoms with Crippen LogP contribution in [0.25, 0.3) is 42.8 Å². The molecule has 2 aliphatic heterocycles. The lowest BCUT2D eigenvalue weighted by Gasteiger charge is -2.42. The normalized spacial score (nSPS) is 18.9. The van der Waals surface area contributed by atoms with E-state index >= 15 is 0 Å². The highest BCUT2D eigenvalue weighted by atomic mass is 35.5. The summed E-state index contributed by atoms with van der Waals surface area (Å²) in [4.78, 5) is 20.6. The van der Waals surface area contributed by atoms with Crippen LogP contribution in [0.2, 0.25) is 5.02 Å². The molecule has 4 heterocycles. The van der Waals surface area contributed by atoms with Gasteiger partial charge in [-0.15, -0.1) is 11.3 Å². The number of hydrogen-bond acceptors (Lipinski definition) is 7. The highest BCUT2D eigenvalue weighted by Gasteiger charge is 2.35. The number of nitrogens with one attached hydrogen (secondary N) is 1. The predicted octanol–water partition coefficient (Wildman–Crippen LogP) is 8.37. The van der Waals surface area contributed by atoms with Gasteiger partial charge in [0, 0.05) is 52.1 Å². The molecule has 3 fully saturated rings. The van der Waals surface area contributed by atoms with Crippen molar-refractivity contribution in [1.82, 2.24) is 25.0 Å². The highest BCUT2D eigenvalue weighted by molar-refractivity contribution is 7.22. The summed E-state index contributed by atoms with van der Waals surface area (Å²) in [5.74, 6) is -0.576. The number of carbonyl (C=O) groups is 1. The van der Waals surface area contributed by atoms with Crippen molar-refractivity contribution in [2.45, 2.75) is 83.1 Å². The van der Waals surface area contributed by atoms with Crippen LogP contribution in [0.4, 0.5) is 0 Å². The van der Waals surface area contributed by atoms with E-state index in [-0.39, 0.29) is 0 Å². The van der Waals surface area contributed by atoms with Gasteiger partial charge in [0.15, 0.2) is 6.10 Å². The highest BCUT2D eigenvalue weighted by Crippen LogP contribution is 2.46. The molecule has 48 heavy (non-hydrogen) atoms. The standard InChI is InChI=1S/C38H42ClN5O3S/c1-21-17-29-35(32(22-5-8-25(39)9-6-22)31(21)34(37(45)46)47-38(2,3)4)48-36(41-29)24-7-12-30-28(18-24)33(42-44(30)26-10-11-26)23-13-15-43(16-14-23)27-19-40-20-27/h5-9,12,17-18,23,26-27,34,40H,10-11,13-16,19-20H2,1-4H3,(H,45,46)/t34-/m0/s1. The average molecular weight is 684 g/mol. The van der Waals surface area contributed by atoms with E-state index in [1.54, 1.807) is 11.3 Å². The number of carboxylic acid groups (broad SMARTS) is 1. The van der Waals surface area contributed by atoms with Gasteiger partial charge in [-0.2, -0.15) is 5.10 Å². The fraction of sp³-hybridized carbons (Fsp3) is 0.447. The molecular weight excluding hydrogens is 642 g/mol. The molecule has 1 aliphatic carbocycles.